The van der Waals surface area contributed by atoms with Gasteiger partial charge in [-0.2, -0.15) is 0 Å². The molecule has 0 saturated carbocycles. The van der Waals surface area contributed by atoms with Crippen LogP contribution in [-0.4, -0.2) is 33.0 Å². The van der Waals surface area contributed by atoms with Crippen LogP contribution in [0.25, 0.3) is 0 Å². The van der Waals surface area contributed by atoms with Gasteiger partial charge in [0.1, 0.15) is 0 Å². The van der Waals surface area contributed by atoms with Crippen LogP contribution in [0.3, 0.4) is 0 Å². The van der Waals surface area contributed by atoms with Crippen LogP contribution in [0.4, 0.5) is 5.69 Å². The van der Waals surface area contributed by atoms with Gasteiger partial charge in [-0.25, -0.2) is 13.1 Å². The average Bonchev–Trinajstić information content (AvgIpc) is 2.53. The topological polar surface area (TPSA) is 87.3 Å². The van der Waals surface area contributed by atoms with Crippen LogP contribution >= 0.6 is 12.4 Å². The number of nitrogens with one attached hydrogen (secondary N) is 3. The van der Waals surface area contributed by atoms with Crippen LogP contribution in [0.2, 0.25) is 0 Å². The van der Waals surface area contributed by atoms with E-state index in [2.05, 4.69) is 22.3 Å². The molecule has 27 heavy (non-hydrogen) atoms. The molecule has 154 valence electrons. The molecule has 6 nitrogen and oxygen atoms in total. The second-order valence-electron chi connectivity index (χ2n) is 8.20. The second-order valence-corrected chi connectivity index (χ2v) is 9.88. The van der Waals surface area contributed by atoms with E-state index in [4.69, 9.17) is 0 Å². The van der Waals surface area contributed by atoms with E-state index in [1.54, 1.807) is 32.9 Å². The van der Waals surface area contributed by atoms with Crippen molar-refractivity contribution >= 4 is 34.0 Å². The summed E-state index contributed by atoms with van der Waals surface area (Å²) in [6, 6.07) is 6.38. The minimum atomic E-state index is -3.62. The Bertz CT molecular complexity index is 726. The Labute approximate surface area is 169 Å². The lowest BCUT2D eigenvalue weighted by Crippen LogP contribution is -2.40. The Morgan fingerprint density at radius 1 is 1.26 bits per heavy atom. The Morgan fingerprint density at radius 3 is 2.48 bits per heavy atom. The molecule has 0 aromatic heterocycles. The lowest BCUT2D eigenvalue weighted by molar-refractivity contribution is -0.117. The SMILES string of the molecule is CC(CC(=O)Nc1cccc(S(=O)(=O)NC(C)(C)C)c1)C1CCNCC1.Cl. The first kappa shape index (κ1) is 23.9. The fraction of sp³-hybridized carbons (Fsp3) is 0.632. The lowest BCUT2D eigenvalue weighted by atomic mass is 9.84. The molecule has 1 fully saturated rings. The van der Waals surface area contributed by atoms with E-state index in [9.17, 15) is 13.2 Å². The molecule has 0 spiro atoms. The molecule has 3 N–H and O–H groups in total. The number of amides is 1. The van der Waals surface area contributed by atoms with Crippen LogP contribution in [0, 0.1) is 11.8 Å². The number of carbonyl (C=O) groups excluding carboxylic acids is 1. The number of rotatable bonds is 6. The third kappa shape index (κ3) is 7.78. The highest BCUT2D eigenvalue weighted by molar-refractivity contribution is 7.89. The van der Waals surface area contributed by atoms with E-state index >= 15 is 0 Å². The first-order valence-electron chi connectivity index (χ1n) is 9.21. The molecular weight excluding hydrogens is 386 g/mol. The molecule has 0 radical (unpaired) electrons. The summed E-state index contributed by atoms with van der Waals surface area (Å²) in [4.78, 5) is 12.5. The summed E-state index contributed by atoms with van der Waals surface area (Å²) in [5, 5.41) is 6.18. The van der Waals surface area contributed by atoms with Gasteiger partial charge in [0.25, 0.3) is 0 Å². The van der Waals surface area contributed by atoms with Crippen molar-refractivity contribution in [2.24, 2.45) is 11.8 Å². The van der Waals surface area contributed by atoms with Crippen molar-refractivity contribution in [3.63, 3.8) is 0 Å². The molecule has 1 unspecified atom stereocenters. The molecule has 0 aliphatic carbocycles. The minimum Gasteiger partial charge on any atom is -0.326 e. The smallest absolute Gasteiger partial charge is 0.241 e. The molecule has 0 bridgehead atoms. The first-order chi connectivity index (χ1) is 12.1. The van der Waals surface area contributed by atoms with E-state index in [1.165, 1.54) is 12.1 Å². The third-order valence-electron chi connectivity index (χ3n) is 4.56. The highest BCUT2D eigenvalue weighted by Gasteiger charge is 2.24. The molecule has 1 aliphatic rings. The van der Waals surface area contributed by atoms with Crippen molar-refractivity contribution in [2.45, 2.75) is 57.4 Å². The standard InChI is InChI=1S/C19H31N3O3S.ClH/c1-14(15-8-10-20-11-9-15)12-18(23)21-16-6-5-7-17(13-16)26(24,25)22-19(2,3)4;/h5-7,13-15,20,22H,8-12H2,1-4H3,(H,21,23);1H. The highest BCUT2D eigenvalue weighted by atomic mass is 35.5. The van der Waals surface area contributed by atoms with Gasteiger partial charge >= 0.3 is 0 Å². The molecule has 1 heterocycles. The lowest BCUT2D eigenvalue weighted by Gasteiger charge is -2.27. The molecule has 1 aliphatic heterocycles. The predicted molar refractivity (Wildman–Crippen MR) is 112 cm³/mol. The molecule has 1 aromatic rings. The third-order valence-corrected chi connectivity index (χ3v) is 6.32. The number of benzene rings is 1. The van der Waals surface area contributed by atoms with Gasteiger partial charge in [-0.3, -0.25) is 4.79 Å². The fourth-order valence-electron chi connectivity index (χ4n) is 3.29. The highest BCUT2D eigenvalue weighted by Crippen LogP contribution is 2.25. The summed E-state index contributed by atoms with van der Waals surface area (Å²) in [6.45, 7) is 9.51. The van der Waals surface area contributed by atoms with Crippen LogP contribution in [-0.2, 0) is 14.8 Å². The summed E-state index contributed by atoms with van der Waals surface area (Å²) in [6.07, 6.45) is 2.64. The van der Waals surface area contributed by atoms with E-state index in [0.717, 1.165) is 25.9 Å². The van der Waals surface area contributed by atoms with Gasteiger partial charge in [0.15, 0.2) is 0 Å². The fourth-order valence-corrected chi connectivity index (χ4v) is 4.75. The van der Waals surface area contributed by atoms with E-state index in [-0.39, 0.29) is 23.2 Å². The van der Waals surface area contributed by atoms with Crippen LogP contribution < -0.4 is 15.4 Å². The normalized spacial score (nSPS) is 17.0. The number of carbonyl (C=O) groups is 1. The first-order valence-corrected chi connectivity index (χ1v) is 10.7. The number of hydrogen-bond acceptors (Lipinski definition) is 4. The van der Waals surface area contributed by atoms with Crippen molar-refractivity contribution in [1.29, 1.82) is 0 Å². The van der Waals surface area contributed by atoms with Crippen LogP contribution in [0.1, 0.15) is 47.0 Å². The Kier molecular flexibility index (Phi) is 8.73. The van der Waals surface area contributed by atoms with Crippen LogP contribution in [0.5, 0.6) is 0 Å². The molecule has 1 saturated heterocycles. The van der Waals surface area contributed by atoms with E-state index < -0.39 is 15.6 Å². The number of piperidine rings is 1. The van der Waals surface area contributed by atoms with Crippen molar-refractivity contribution in [3.05, 3.63) is 24.3 Å². The molecule has 1 atom stereocenters. The predicted octanol–water partition coefficient (Wildman–Crippen LogP) is 3.15. The summed E-state index contributed by atoms with van der Waals surface area (Å²) in [5.41, 5.74) is -0.0631. The second kappa shape index (κ2) is 9.87. The Balaban J connectivity index is 0.00000364. The Hall–Kier alpha value is -1.15. The van der Waals surface area contributed by atoms with Gasteiger partial charge in [-0.1, -0.05) is 13.0 Å². The maximum atomic E-state index is 12.4. The molecular formula is C19H32ClN3O3S. The van der Waals surface area contributed by atoms with Gasteiger partial charge in [0.05, 0.1) is 4.90 Å². The van der Waals surface area contributed by atoms with Gasteiger partial charge in [-0.15, -0.1) is 12.4 Å². The summed E-state index contributed by atoms with van der Waals surface area (Å²) in [7, 11) is -3.62. The van der Waals surface area contributed by atoms with Crippen molar-refractivity contribution < 1.29 is 13.2 Å². The number of anilines is 1. The maximum Gasteiger partial charge on any atom is 0.241 e. The zero-order valence-electron chi connectivity index (χ0n) is 16.5. The van der Waals surface area contributed by atoms with Crippen molar-refractivity contribution in [3.8, 4) is 0 Å². The molecule has 1 amide bonds. The molecule has 8 heteroatoms. The molecule has 2 rings (SSSR count). The van der Waals surface area contributed by atoms with Gasteiger partial charge in [0.2, 0.25) is 15.9 Å². The van der Waals surface area contributed by atoms with Crippen molar-refractivity contribution in [1.82, 2.24) is 10.0 Å². The molecule has 1 aromatic carbocycles. The maximum absolute atomic E-state index is 12.4. The number of sulfonamides is 1. The van der Waals surface area contributed by atoms with Gasteiger partial charge < -0.3 is 10.6 Å². The minimum absolute atomic E-state index is 0. The summed E-state index contributed by atoms with van der Waals surface area (Å²) in [5.74, 6) is 0.797. The average molecular weight is 418 g/mol. The zero-order chi connectivity index (χ0) is 19.4. The van der Waals surface area contributed by atoms with Crippen LogP contribution in [0.15, 0.2) is 29.2 Å². The largest absolute Gasteiger partial charge is 0.326 e. The summed E-state index contributed by atoms with van der Waals surface area (Å²) < 4.78 is 27.5. The summed E-state index contributed by atoms with van der Waals surface area (Å²) >= 11 is 0. The Morgan fingerprint density at radius 2 is 1.89 bits per heavy atom. The van der Waals surface area contributed by atoms with E-state index in [1.807, 2.05) is 0 Å². The van der Waals surface area contributed by atoms with Gasteiger partial charge in [0, 0.05) is 17.6 Å². The number of hydrogen-bond donors (Lipinski definition) is 3. The van der Waals surface area contributed by atoms with E-state index in [0.29, 0.717) is 23.9 Å². The van der Waals surface area contributed by atoms with Gasteiger partial charge in [-0.05, 0) is 76.7 Å². The quantitative estimate of drug-likeness (QED) is 0.663. The van der Waals surface area contributed by atoms with Crippen molar-refractivity contribution in [2.75, 3.05) is 18.4 Å². The zero-order valence-corrected chi connectivity index (χ0v) is 18.2. The number of halogens is 1. The monoisotopic (exact) mass is 417 g/mol.